The van der Waals surface area contributed by atoms with E-state index in [9.17, 15) is 4.79 Å². The molecule has 1 aromatic rings. The van der Waals surface area contributed by atoms with E-state index in [4.69, 9.17) is 9.47 Å². The molecule has 3 rings (SSSR count). The van der Waals surface area contributed by atoms with Gasteiger partial charge >= 0.3 is 0 Å². The maximum atomic E-state index is 12.3. The van der Waals surface area contributed by atoms with Crippen molar-refractivity contribution >= 4 is 11.6 Å². The minimum absolute atomic E-state index is 0.0628. The maximum absolute atomic E-state index is 12.3. The number of nitrogens with one attached hydrogen (secondary N) is 1. The first-order valence-corrected chi connectivity index (χ1v) is 9.52. The second kappa shape index (κ2) is 9.32. The molecular formula is C20H30N2O3. The van der Waals surface area contributed by atoms with Gasteiger partial charge in [-0.15, -0.1) is 0 Å². The van der Waals surface area contributed by atoms with Crippen molar-refractivity contribution in [1.29, 1.82) is 0 Å². The van der Waals surface area contributed by atoms with Crippen molar-refractivity contribution < 1.29 is 14.3 Å². The van der Waals surface area contributed by atoms with E-state index >= 15 is 0 Å². The highest BCUT2D eigenvalue weighted by Crippen LogP contribution is 2.26. The lowest BCUT2D eigenvalue weighted by Gasteiger charge is -2.28. The van der Waals surface area contributed by atoms with Crippen molar-refractivity contribution in [3.05, 3.63) is 29.8 Å². The molecule has 1 amide bonds. The van der Waals surface area contributed by atoms with Gasteiger partial charge in [0.1, 0.15) is 6.61 Å². The zero-order valence-corrected chi connectivity index (χ0v) is 15.2. The lowest BCUT2D eigenvalue weighted by molar-refractivity contribution is -0.124. The van der Waals surface area contributed by atoms with E-state index < -0.39 is 0 Å². The van der Waals surface area contributed by atoms with Gasteiger partial charge in [-0.3, -0.25) is 9.69 Å². The summed E-state index contributed by atoms with van der Waals surface area (Å²) >= 11 is 0. The number of rotatable bonds is 6. The molecule has 25 heavy (non-hydrogen) atoms. The van der Waals surface area contributed by atoms with Crippen LogP contribution in [0.5, 0.6) is 0 Å². The summed E-state index contributed by atoms with van der Waals surface area (Å²) in [6.07, 6.45) is 4.99. The molecule has 0 radical (unpaired) electrons. The number of benzene rings is 1. The SMILES string of the molecule is C[C@@H]1CCCC[C@@H]1OCC(=O)Nc1ccccc1CN1CCOCC1. The van der Waals surface area contributed by atoms with Crippen LogP contribution in [0.3, 0.4) is 0 Å². The fourth-order valence-corrected chi connectivity index (χ4v) is 3.68. The quantitative estimate of drug-likeness (QED) is 0.860. The summed E-state index contributed by atoms with van der Waals surface area (Å²) in [6, 6.07) is 8.03. The van der Waals surface area contributed by atoms with Crippen LogP contribution in [0, 0.1) is 5.92 Å². The Bertz CT molecular complexity index is 558. The predicted molar refractivity (Wildman–Crippen MR) is 98.5 cm³/mol. The third kappa shape index (κ3) is 5.53. The third-order valence-corrected chi connectivity index (χ3v) is 5.25. The summed E-state index contributed by atoms with van der Waals surface area (Å²) in [6.45, 7) is 6.63. The van der Waals surface area contributed by atoms with Crippen LogP contribution in [0.15, 0.2) is 24.3 Å². The Labute approximate surface area is 150 Å². The molecule has 1 aromatic carbocycles. The molecule has 2 atom stereocenters. The molecule has 1 saturated heterocycles. The highest BCUT2D eigenvalue weighted by atomic mass is 16.5. The summed E-state index contributed by atoms with van der Waals surface area (Å²) < 4.78 is 11.3. The zero-order chi connectivity index (χ0) is 17.5. The molecular weight excluding hydrogens is 316 g/mol. The van der Waals surface area contributed by atoms with Crippen molar-refractivity contribution in [3.63, 3.8) is 0 Å². The van der Waals surface area contributed by atoms with Gasteiger partial charge in [0.05, 0.1) is 19.3 Å². The molecule has 1 saturated carbocycles. The Morgan fingerprint density at radius 1 is 1.24 bits per heavy atom. The van der Waals surface area contributed by atoms with Crippen molar-refractivity contribution in [2.45, 2.75) is 45.3 Å². The number of para-hydroxylation sites is 1. The van der Waals surface area contributed by atoms with Gasteiger partial charge in [-0.2, -0.15) is 0 Å². The van der Waals surface area contributed by atoms with Crippen molar-refractivity contribution in [3.8, 4) is 0 Å². The number of anilines is 1. The maximum Gasteiger partial charge on any atom is 0.250 e. The molecule has 1 aliphatic carbocycles. The van der Waals surface area contributed by atoms with Crippen LogP contribution in [0.4, 0.5) is 5.69 Å². The second-order valence-electron chi connectivity index (χ2n) is 7.21. The topological polar surface area (TPSA) is 50.8 Å². The summed E-state index contributed by atoms with van der Waals surface area (Å²) in [5.74, 6) is 0.488. The zero-order valence-electron chi connectivity index (χ0n) is 15.2. The van der Waals surface area contributed by atoms with Crippen LogP contribution in [-0.4, -0.2) is 49.8 Å². The average Bonchev–Trinajstić information content (AvgIpc) is 2.64. The molecule has 0 unspecified atom stereocenters. The Kier molecular flexibility index (Phi) is 6.84. The monoisotopic (exact) mass is 346 g/mol. The Morgan fingerprint density at radius 3 is 2.80 bits per heavy atom. The summed E-state index contributed by atoms with van der Waals surface area (Å²) in [5, 5.41) is 3.03. The standard InChI is InChI=1S/C20H30N2O3/c1-16-6-2-5-9-19(16)25-15-20(23)21-18-8-4-3-7-17(18)14-22-10-12-24-13-11-22/h3-4,7-8,16,19H,2,5-6,9-15H2,1H3,(H,21,23)/t16-,19+/m1/s1. The molecule has 1 N–H and O–H groups in total. The molecule has 138 valence electrons. The van der Waals surface area contributed by atoms with Gasteiger partial charge in [-0.05, 0) is 30.4 Å². The first kappa shape index (κ1) is 18.4. The van der Waals surface area contributed by atoms with Gasteiger partial charge in [0.25, 0.3) is 0 Å². The van der Waals surface area contributed by atoms with E-state index in [1.54, 1.807) is 0 Å². The van der Waals surface area contributed by atoms with E-state index in [-0.39, 0.29) is 18.6 Å². The Balaban J connectivity index is 1.52. The number of hydrogen-bond acceptors (Lipinski definition) is 4. The number of hydrogen-bond donors (Lipinski definition) is 1. The van der Waals surface area contributed by atoms with E-state index in [0.717, 1.165) is 50.5 Å². The number of ether oxygens (including phenoxy) is 2. The van der Waals surface area contributed by atoms with Gasteiger partial charge in [0.2, 0.25) is 5.91 Å². The minimum Gasteiger partial charge on any atom is -0.379 e. The van der Waals surface area contributed by atoms with Gasteiger partial charge in [-0.1, -0.05) is 38.0 Å². The number of carbonyl (C=O) groups excluding carboxylic acids is 1. The van der Waals surface area contributed by atoms with Crippen LogP contribution in [0.1, 0.15) is 38.2 Å². The van der Waals surface area contributed by atoms with Gasteiger partial charge in [0.15, 0.2) is 0 Å². The molecule has 0 bridgehead atoms. The van der Waals surface area contributed by atoms with Crippen LogP contribution in [0.25, 0.3) is 0 Å². The van der Waals surface area contributed by atoms with E-state index in [2.05, 4.69) is 23.2 Å². The van der Waals surface area contributed by atoms with Crippen LogP contribution < -0.4 is 5.32 Å². The molecule has 1 heterocycles. The second-order valence-corrected chi connectivity index (χ2v) is 7.21. The summed E-state index contributed by atoms with van der Waals surface area (Å²) in [7, 11) is 0. The highest BCUT2D eigenvalue weighted by Gasteiger charge is 2.22. The molecule has 0 aromatic heterocycles. The van der Waals surface area contributed by atoms with Gasteiger partial charge in [0, 0.05) is 25.3 Å². The predicted octanol–water partition coefficient (Wildman–Crippen LogP) is 3.05. The number of carbonyl (C=O) groups is 1. The largest absolute Gasteiger partial charge is 0.379 e. The fraction of sp³-hybridized carbons (Fsp3) is 0.650. The molecule has 0 spiro atoms. The number of amides is 1. The van der Waals surface area contributed by atoms with Crippen LogP contribution in [0.2, 0.25) is 0 Å². The van der Waals surface area contributed by atoms with Crippen LogP contribution in [-0.2, 0) is 20.8 Å². The van der Waals surface area contributed by atoms with Crippen LogP contribution >= 0.6 is 0 Å². The highest BCUT2D eigenvalue weighted by molar-refractivity contribution is 5.92. The minimum atomic E-state index is -0.0628. The summed E-state index contributed by atoms with van der Waals surface area (Å²) in [5.41, 5.74) is 2.03. The normalized spacial score (nSPS) is 24.8. The number of morpholine rings is 1. The lowest BCUT2D eigenvalue weighted by Crippen LogP contribution is -2.36. The van der Waals surface area contributed by atoms with E-state index in [1.165, 1.54) is 19.3 Å². The van der Waals surface area contributed by atoms with E-state index in [1.807, 2.05) is 18.2 Å². The van der Waals surface area contributed by atoms with Gasteiger partial charge < -0.3 is 14.8 Å². The molecule has 2 aliphatic rings. The van der Waals surface area contributed by atoms with Gasteiger partial charge in [-0.25, -0.2) is 0 Å². The number of nitrogens with zero attached hydrogens (tertiary/aromatic N) is 1. The van der Waals surface area contributed by atoms with Crippen molar-refractivity contribution in [2.24, 2.45) is 5.92 Å². The first-order chi connectivity index (χ1) is 12.2. The van der Waals surface area contributed by atoms with Crippen molar-refractivity contribution in [1.82, 2.24) is 4.90 Å². The summed E-state index contributed by atoms with van der Waals surface area (Å²) in [4.78, 5) is 14.7. The fourth-order valence-electron chi connectivity index (χ4n) is 3.68. The Morgan fingerprint density at radius 2 is 2.00 bits per heavy atom. The smallest absolute Gasteiger partial charge is 0.250 e. The van der Waals surface area contributed by atoms with Crippen molar-refractivity contribution in [2.75, 3.05) is 38.2 Å². The first-order valence-electron chi connectivity index (χ1n) is 9.52. The molecule has 5 heteroatoms. The lowest BCUT2D eigenvalue weighted by atomic mass is 9.88. The third-order valence-electron chi connectivity index (χ3n) is 5.25. The van der Waals surface area contributed by atoms with E-state index in [0.29, 0.717) is 5.92 Å². The molecule has 2 fully saturated rings. The molecule has 1 aliphatic heterocycles. The Hall–Kier alpha value is -1.43. The molecule has 5 nitrogen and oxygen atoms in total. The average molecular weight is 346 g/mol.